The molecule has 0 spiro atoms. The minimum Gasteiger partial charge on any atom is -0.345 e. The van der Waals surface area contributed by atoms with Crippen LogP contribution in [0.2, 0.25) is 0 Å². The fourth-order valence-electron chi connectivity index (χ4n) is 2.86. The Bertz CT molecular complexity index is 1120. The number of nitrogens with one attached hydrogen (secondary N) is 1. The van der Waals surface area contributed by atoms with E-state index >= 15 is 0 Å². The SMILES string of the molecule is CC(C)(C)c1cnc2[nH]cc(C(=O)c3cnc4cc(F)ccn34)c2c1. The van der Waals surface area contributed by atoms with Gasteiger partial charge in [-0.15, -0.1) is 0 Å². The Morgan fingerprint density at radius 2 is 2.00 bits per heavy atom. The van der Waals surface area contributed by atoms with Crippen molar-refractivity contribution in [3.05, 3.63) is 65.6 Å². The predicted octanol–water partition coefficient (Wildman–Crippen LogP) is 3.88. The summed E-state index contributed by atoms with van der Waals surface area (Å²) < 4.78 is 14.9. The van der Waals surface area contributed by atoms with Crippen LogP contribution in [0.3, 0.4) is 0 Å². The minimum atomic E-state index is -0.386. The Labute approximate surface area is 143 Å². The van der Waals surface area contributed by atoms with Gasteiger partial charge in [0.1, 0.15) is 22.8 Å². The van der Waals surface area contributed by atoms with Crippen molar-refractivity contribution in [2.45, 2.75) is 26.2 Å². The van der Waals surface area contributed by atoms with E-state index in [4.69, 9.17) is 0 Å². The third-order valence-electron chi connectivity index (χ3n) is 4.35. The summed E-state index contributed by atoms with van der Waals surface area (Å²) >= 11 is 0. The van der Waals surface area contributed by atoms with Gasteiger partial charge in [0.25, 0.3) is 0 Å². The van der Waals surface area contributed by atoms with Crippen LogP contribution in [-0.4, -0.2) is 25.1 Å². The molecule has 0 saturated heterocycles. The Balaban J connectivity index is 1.87. The largest absolute Gasteiger partial charge is 0.345 e. The van der Waals surface area contributed by atoms with E-state index in [0.29, 0.717) is 22.6 Å². The van der Waals surface area contributed by atoms with Crippen molar-refractivity contribution in [3.63, 3.8) is 0 Å². The lowest BCUT2D eigenvalue weighted by Crippen LogP contribution is -2.11. The minimum absolute atomic E-state index is 0.0698. The first-order chi connectivity index (χ1) is 11.8. The number of ketones is 1. The Morgan fingerprint density at radius 3 is 2.76 bits per heavy atom. The molecule has 0 aliphatic carbocycles. The molecule has 4 rings (SSSR count). The molecule has 0 amide bonds. The van der Waals surface area contributed by atoms with E-state index in [1.54, 1.807) is 10.6 Å². The van der Waals surface area contributed by atoms with E-state index in [1.807, 2.05) is 12.3 Å². The van der Waals surface area contributed by atoms with Gasteiger partial charge in [0.05, 0.1) is 11.8 Å². The van der Waals surface area contributed by atoms with Gasteiger partial charge in [0.2, 0.25) is 5.78 Å². The number of H-pyrrole nitrogens is 1. The normalized spacial score (nSPS) is 12.2. The zero-order valence-electron chi connectivity index (χ0n) is 14.2. The molecular formula is C19H17FN4O. The van der Waals surface area contributed by atoms with Gasteiger partial charge in [0, 0.05) is 30.0 Å². The highest BCUT2D eigenvalue weighted by atomic mass is 19.1. The van der Waals surface area contributed by atoms with Crippen LogP contribution in [0.15, 0.2) is 43.0 Å². The maximum Gasteiger partial charge on any atom is 0.213 e. The Morgan fingerprint density at radius 1 is 1.20 bits per heavy atom. The number of imidazole rings is 1. The van der Waals surface area contributed by atoms with Gasteiger partial charge in [-0.2, -0.15) is 0 Å². The summed E-state index contributed by atoms with van der Waals surface area (Å²) in [6.45, 7) is 6.30. The number of rotatable bonds is 2. The van der Waals surface area contributed by atoms with Crippen molar-refractivity contribution in [2.24, 2.45) is 0 Å². The van der Waals surface area contributed by atoms with Crippen LogP contribution < -0.4 is 0 Å². The van der Waals surface area contributed by atoms with Crippen LogP contribution in [0.5, 0.6) is 0 Å². The summed E-state index contributed by atoms with van der Waals surface area (Å²) in [5.74, 6) is -0.568. The monoisotopic (exact) mass is 336 g/mol. The molecular weight excluding hydrogens is 319 g/mol. The van der Waals surface area contributed by atoms with Crippen molar-refractivity contribution < 1.29 is 9.18 Å². The summed E-state index contributed by atoms with van der Waals surface area (Å²) in [7, 11) is 0. The number of carbonyl (C=O) groups excluding carboxylic acids is 1. The maximum atomic E-state index is 13.3. The molecule has 0 aromatic carbocycles. The van der Waals surface area contributed by atoms with E-state index in [2.05, 4.69) is 35.7 Å². The highest BCUT2D eigenvalue weighted by molar-refractivity contribution is 6.15. The van der Waals surface area contributed by atoms with Crippen LogP contribution in [-0.2, 0) is 5.41 Å². The fraction of sp³-hybridized carbons (Fsp3) is 0.211. The number of fused-ring (bicyclic) bond motifs is 2. The van der Waals surface area contributed by atoms with Gasteiger partial charge in [0.15, 0.2) is 0 Å². The van der Waals surface area contributed by atoms with E-state index in [0.717, 1.165) is 10.9 Å². The lowest BCUT2D eigenvalue weighted by atomic mass is 9.87. The number of hydrogen-bond donors (Lipinski definition) is 1. The maximum absolute atomic E-state index is 13.3. The quantitative estimate of drug-likeness (QED) is 0.565. The van der Waals surface area contributed by atoms with Crippen LogP contribution in [0.25, 0.3) is 16.7 Å². The summed E-state index contributed by atoms with van der Waals surface area (Å²) in [6, 6.07) is 4.60. The predicted molar refractivity (Wildman–Crippen MR) is 93.4 cm³/mol. The highest BCUT2D eigenvalue weighted by Gasteiger charge is 2.21. The lowest BCUT2D eigenvalue weighted by molar-refractivity contribution is 0.103. The topological polar surface area (TPSA) is 63.0 Å². The van der Waals surface area contributed by atoms with Crippen molar-refractivity contribution in [3.8, 4) is 0 Å². The molecule has 5 nitrogen and oxygen atoms in total. The van der Waals surface area contributed by atoms with Crippen LogP contribution in [0.4, 0.5) is 4.39 Å². The number of hydrogen-bond acceptors (Lipinski definition) is 3. The molecule has 0 fully saturated rings. The third kappa shape index (κ3) is 2.50. The van der Waals surface area contributed by atoms with E-state index < -0.39 is 0 Å². The zero-order chi connectivity index (χ0) is 17.8. The molecule has 0 bridgehead atoms. The van der Waals surface area contributed by atoms with Crippen LogP contribution >= 0.6 is 0 Å². The molecule has 0 aliphatic heterocycles. The molecule has 4 aromatic heterocycles. The Hall–Kier alpha value is -3.02. The Kier molecular flexibility index (Phi) is 3.25. The summed E-state index contributed by atoms with van der Waals surface area (Å²) in [6.07, 6.45) is 6.47. The summed E-state index contributed by atoms with van der Waals surface area (Å²) in [5.41, 5.74) is 2.96. The first-order valence-electron chi connectivity index (χ1n) is 7.99. The number of carbonyl (C=O) groups is 1. The van der Waals surface area contributed by atoms with Crippen molar-refractivity contribution >= 4 is 22.5 Å². The second kappa shape index (κ2) is 5.24. The molecule has 126 valence electrons. The van der Waals surface area contributed by atoms with Gasteiger partial charge < -0.3 is 4.98 Å². The van der Waals surface area contributed by atoms with E-state index in [9.17, 15) is 9.18 Å². The number of aromatic amines is 1. The first kappa shape index (κ1) is 15.5. The molecule has 0 saturated carbocycles. The molecule has 0 aliphatic rings. The van der Waals surface area contributed by atoms with Gasteiger partial charge >= 0.3 is 0 Å². The molecule has 0 radical (unpaired) electrons. The standard InChI is InChI=1S/C19H17FN4O/c1-19(2,3)11-6-13-14(9-23-18(13)22-8-11)17(25)15-10-21-16-7-12(20)4-5-24(15)16/h4-10H,1-3H3,(H,22,23). The molecule has 25 heavy (non-hydrogen) atoms. The van der Waals surface area contributed by atoms with Gasteiger partial charge in [-0.05, 0) is 23.1 Å². The molecule has 0 atom stereocenters. The smallest absolute Gasteiger partial charge is 0.213 e. The van der Waals surface area contributed by atoms with Crippen molar-refractivity contribution in [1.82, 2.24) is 19.4 Å². The fourth-order valence-corrected chi connectivity index (χ4v) is 2.86. The van der Waals surface area contributed by atoms with E-state index in [-0.39, 0.29) is 17.0 Å². The van der Waals surface area contributed by atoms with Gasteiger partial charge in [-0.25, -0.2) is 14.4 Å². The zero-order valence-corrected chi connectivity index (χ0v) is 14.2. The number of aromatic nitrogens is 4. The summed E-state index contributed by atoms with van der Waals surface area (Å²) in [4.78, 5) is 24.6. The molecule has 6 heteroatoms. The summed E-state index contributed by atoms with van der Waals surface area (Å²) in [5, 5.41) is 0.773. The third-order valence-corrected chi connectivity index (χ3v) is 4.35. The number of pyridine rings is 2. The molecule has 4 aromatic rings. The van der Waals surface area contributed by atoms with Crippen molar-refractivity contribution in [2.75, 3.05) is 0 Å². The molecule has 0 unspecified atom stereocenters. The lowest BCUT2D eigenvalue weighted by Gasteiger charge is -2.18. The second-order valence-corrected chi connectivity index (χ2v) is 7.12. The van der Waals surface area contributed by atoms with Crippen LogP contribution in [0.1, 0.15) is 42.4 Å². The van der Waals surface area contributed by atoms with E-state index in [1.165, 1.54) is 24.5 Å². The molecule has 4 heterocycles. The average molecular weight is 336 g/mol. The number of nitrogens with zero attached hydrogens (tertiary/aromatic N) is 3. The van der Waals surface area contributed by atoms with Gasteiger partial charge in [-0.3, -0.25) is 9.20 Å². The van der Waals surface area contributed by atoms with Crippen molar-refractivity contribution in [1.29, 1.82) is 0 Å². The first-order valence-corrected chi connectivity index (χ1v) is 7.99. The number of halogens is 1. The van der Waals surface area contributed by atoms with Crippen LogP contribution in [0, 0.1) is 5.82 Å². The average Bonchev–Trinajstić information content (AvgIpc) is 3.16. The second-order valence-electron chi connectivity index (χ2n) is 7.12. The molecule has 1 N–H and O–H groups in total. The highest BCUT2D eigenvalue weighted by Crippen LogP contribution is 2.27. The van der Waals surface area contributed by atoms with Gasteiger partial charge in [-0.1, -0.05) is 20.8 Å².